The fourth-order valence-electron chi connectivity index (χ4n) is 1.98. The highest BCUT2D eigenvalue weighted by Crippen LogP contribution is 2.26. The molecular weight excluding hydrogens is 246 g/mol. The van der Waals surface area contributed by atoms with Crippen molar-refractivity contribution in [1.82, 2.24) is 4.90 Å². The van der Waals surface area contributed by atoms with Crippen LogP contribution in [0.3, 0.4) is 0 Å². The smallest absolute Gasteiger partial charge is 0.446 e. The molecule has 0 N–H and O–H groups in total. The van der Waals surface area contributed by atoms with Gasteiger partial charge in [0.25, 0.3) is 0 Å². The molecule has 0 saturated carbocycles. The van der Waals surface area contributed by atoms with Crippen LogP contribution in [-0.2, 0) is 14.3 Å². The summed E-state index contributed by atoms with van der Waals surface area (Å²) in [4.78, 5) is 27.7. The molecule has 0 unspecified atom stereocenters. The van der Waals surface area contributed by atoms with Crippen molar-refractivity contribution in [2.75, 3.05) is 7.05 Å². The minimum absolute atomic E-state index is 0.363. The van der Waals surface area contributed by atoms with E-state index in [4.69, 9.17) is 10.3 Å². The summed E-state index contributed by atoms with van der Waals surface area (Å²) in [6, 6.07) is 8.76. The van der Waals surface area contributed by atoms with Crippen molar-refractivity contribution in [2.45, 2.75) is 19.1 Å². The summed E-state index contributed by atoms with van der Waals surface area (Å²) in [5.41, 5.74) is 8.93. The van der Waals surface area contributed by atoms with E-state index in [1.807, 2.05) is 30.3 Å². The van der Waals surface area contributed by atoms with E-state index < -0.39 is 23.7 Å². The van der Waals surface area contributed by atoms with Crippen LogP contribution < -0.4 is 0 Å². The third-order valence-electron chi connectivity index (χ3n) is 3.23. The van der Waals surface area contributed by atoms with Crippen LogP contribution in [0.5, 0.6) is 0 Å². The first-order chi connectivity index (χ1) is 9.06. The van der Waals surface area contributed by atoms with Gasteiger partial charge in [-0.25, -0.2) is 4.79 Å². The zero-order valence-corrected chi connectivity index (χ0v) is 10.6. The first-order valence-corrected chi connectivity index (χ1v) is 5.81. The number of nitrogens with zero attached hydrogens (tertiary/aromatic N) is 3. The lowest BCUT2D eigenvalue weighted by Gasteiger charge is -2.27. The number of hydrogen-bond acceptors (Lipinski definition) is 3. The van der Waals surface area contributed by atoms with Gasteiger partial charge in [-0.3, -0.25) is 4.79 Å². The standard InChI is InChI=1S/C13H13N3O3/c1-8-11(9-6-4-3-5-7-9)19-13(18)10(15-14)12(17)16(8)2/h3-8,11H,1-2H3/t8-,11-/m0/s1. The number of ether oxygens (including phenoxy) is 1. The molecule has 0 aliphatic carbocycles. The summed E-state index contributed by atoms with van der Waals surface area (Å²) in [5.74, 6) is -1.57. The molecule has 1 aromatic carbocycles. The summed E-state index contributed by atoms with van der Waals surface area (Å²) >= 11 is 0. The summed E-state index contributed by atoms with van der Waals surface area (Å²) in [7, 11) is 1.54. The van der Waals surface area contributed by atoms with Gasteiger partial charge in [0.1, 0.15) is 6.10 Å². The minimum atomic E-state index is -0.919. The van der Waals surface area contributed by atoms with Crippen LogP contribution in [0.25, 0.3) is 5.53 Å². The number of likely N-dealkylation sites (N-methyl/N-ethyl adjacent to an activating group) is 1. The van der Waals surface area contributed by atoms with Gasteiger partial charge in [-0.1, -0.05) is 30.3 Å². The summed E-state index contributed by atoms with van der Waals surface area (Å²) in [6.07, 6.45) is -0.595. The molecule has 1 aliphatic rings. The molecule has 6 nitrogen and oxygen atoms in total. The molecule has 1 fully saturated rings. The van der Waals surface area contributed by atoms with Gasteiger partial charge in [-0.2, -0.15) is 4.79 Å². The molecule has 2 atom stereocenters. The molecule has 0 radical (unpaired) electrons. The average Bonchev–Trinajstić information content (AvgIpc) is 2.51. The van der Waals surface area contributed by atoms with Gasteiger partial charge in [0.15, 0.2) is 0 Å². The number of benzene rings is 1. The van der Waals surface area contributed by atoms with Gasteiger partial charge in [0.2, 0.25) is 0 Å². The quantitative estimate of drug-likeness (QED) is 0.425. The van der Waals surface area contributed by atoms with Gasteiger partial charge in [-0.15, -0.1) is 0 Å². The summed E-state index contributed by atoms with van der Waals surface area (Å²) in [6.45, 7) is 1.77. The molecule has 19 heavy (non-hydrogen) atoms. The maximum atomic E-state index is 11.9. The molecule has 1 amide bonds. The topological polar surface area (TPSA) is 83.0 Å². The Labute approximate surface area is 110 Å². The molecule has 1 heterocycles. The molecule has 1 saturated heterocycles. The van der Waals surface area contributed by atoms with E-state index in [-0.39, 0.29) is 6.04 Å². The lowest BCUT2D eigenvalue weighted by atomic mass is 10.0. The predicted octanol–water partition coefficient (Wildman–Crippen LogP) is 0.802. The van der Waals surface area contributed by atoms with E-state index >= 15 is 0 Å². The molecule has 0 spiro atoms. The monoisotopic (exact) mass is 259 g/mol. The van der Waals surface area contributed by atoms with Crippen LogP contribution in [0.1, 0.15) is 18.6 Å². The predicted molar refractivity (Wildman–Crippen MR) is 66.1 cm³/mol. The molecule has 1 aliphatic heterocycles. The van der Waals surface area contributed by atoms with Crippen molar-refractivity contribution in [2.24, 2.45) is 0 Å². The number of carbonyl (C=O) groups is 2. The van der Waals surface area contributed by atoms with E-state index in [1.165, 1.54) is 11.9 Å². The van der Waals surface area contributed by atoms with E-state index in [2.05, 4.69) is 4.79 Å². The zero-order chi connectivity index (χ0) is 14.0. The molecular formula is C13H13N3O3. The maximum Gasteiger partial charge on any atom is 0.463 e. The Hall–Kier alpha value is -2.46. The highest BCUT2D eigenvalue weighted by molar-refractivity contribution is 6.61. The van der Waals surface area contributed by atoms with Crippen molar-refractivity contribution >= 4 is 17.6 Å². The zero-order valence-electron chi connectivity index (χ0n) is 10.6. The van der Waals surface area contributed by atoms with E-state index in [1.54, 1.807) is 6.92 Å². The Morgan fingerprint density at radius 1 is 1.26 bits per heavy atom. The van der Waals surface area contributed by atoms with Crippen LogP contribution in [0, 0.1) is 0 Å². The van der Waals surface area contributed by atoms with Crippen LogP contribution >= 0.6 is 0 Å². The number of carbonyl (C=O) groups excluding carboxylic acids is 2. The van der Waals surface area contributed by atoms with Crippen LogP contribution in [0.2, 0.25) is 0 Å². The molecule has 1 aromatic rings. The number of amides is 1. The van der Waals surface area contributed by atoms with Crippen molar-refractivity contribution < 1.29 is 19.1 Å². The average molecular weight is 259 g/mol. The van der Waals surface area contributed by atoms with Crippen LogP contribution in [0.4, 0.5) is 0 Å². The van der Waals surface area contributed by atoms with Gasteiger partial charge >= 0.3 is 17.6 Å². The van der Waals surface area contributed by atoms with Crippen molar-refractivity contribution in [3.63, 3.8) is 0 Å². The third-order valence-corrected chi connectivity index (χ3v) is 3.23. The minimum Gasteiger partial charge on any atom is -0.446 e. The lowest BCUT2D eigenvalue weighted by Crippen LogP contribution is -2.40. The Morgan fingerprint density at radius 3 is 2.47 bits per heavy atom. The first kappa shape index (κ1) is 13.0. The SMILES string of the molecule is C[C@H]1[C@@H](c2ccccc2)OC(=O)C(=[N+]=[N-])C(=O)N1C. The highest BCUT2D eigenvalue weighted by Gasteiger charge is 2.44. The number of hydrogen-bond donors (Lipinski definition) is 0. The fourth-order valence-corrected chi connectivity index (χ4v) is 1.98. The fraction of sp³-hybridized carbons (Fsp3) is 0.308. The second-order valence-corrected chi connectivity index (χ2v) is 4.34. The number of esters is 1. The Balaban J connectivity index is 2.45. The van der Waals surface area contributed by atoms with Crippen LogP contribution in [0.15, 0.2) is 30.3 Å². The van der Waals surface area contributed by atoms with Gasteiger partial charge in [-0.05, 0) is 12.5 Å². The Bertz CT molecular complexity index is 564. The Morgan fingerprint density at radius 2 is 1.89 bits per heavy atom. The van der Waals surface area contributed by atoms with E-state index in [9.17, 15) is 9.59 Å². The molecule has 98 valence electrons. The largest absolute Gasteiger partial charge is 0.463 e. The first-order valence-electron chi connectivity index (χ1n) is 5.81. The normalized spacial score (nSPS) is 23.7. The molecule has 6 heteroatoms. The lowest BCUT2D eigenvalue weighted by molar-refractivity contribution is -0.146. The summed E-state index contributed by atoms with van der Waals surface area (Å²) < 4.78 is 5.26. The van der Waals surface area contributed by atoms with E-state index in [0.717, 1.165) is 5.56 Å². The van der Waals surface area contributed by atoms with Gasteiger partial charge in [0, 0.05) is 7.05 Å². The van der Waals surface area contributed by atoms with Crippen molar-refractivity contribution in [3.8, 4) is 0 Å². The summed E-state index contributed by atoms with van der Waals surface area (Å²) in [5, 5.41) is 0. The maximum absolute atomic E-state index is 11.9. The van der Waals surface area contributed by atoms with Crippen LogP contribution in [-0.4, -0.2) is 40.4 Å². The molecule has 2 rings (SSSR count). The van der Waals surface area contributed by atoms with Crippen molar-refractivity contribution in [3.05, 3.63) is 41.4 Å². The number of cyclic esters (lactones) is 1. The van der Waals surface area contributed by atoms with Gasteiger partial charge in [0.05, 0.1) is 6.04 Å². The van der Waals surface area contributed by atoms with E-state index in [0.29, 0.717) is 0 Å². The Kier molecular flexibility index (Phi) is 3.44. The second-order valence-electron chi connectivity index (χ2n) is 4.34. The molecule has 0 bridgehead atoms. The second kappa shape index (κ2) is 5.04. The number of rotatable bonds is 1. The molecule has 0 aromatic heterocycles. The highest BCUT2D eigenvalue weighted by atomic mass is 16.5. The van der Waals surface area contributed by atoms with Gasteiger partial charge < -0.3 is 15.2 Å². The van der Waals surface area contributed by atoms with Crippen molar-refractivity contribution in [1.29, 1.82) is 0 Å². The third kappa shape index (κ3) is 2.26.